The number of ether oxygens (including phenoxy) is 2. The van der Waals surface area contributed by atoms with Crippen LogP contribution in [0.2, 0.25) is 0 Å². The van der Waals surface area contributed by atoms with Gasteiger partial charge in [0.15, 0.2) is 5.76 Å². The lowest BCUT2D eigenvalue weighted by Crippen LogP contribution is -2.43. The first-order chi connectivity index (χ1) is 17.8. The predicted molar refractivity (Wildman–Crippen MR) is 139 cm³/mol. The van der Waals surface area contributed by atoms with E-state index in [1.807, 2.05) is 54.6 Å². The first kappa shape index (κ1) is 22.5. The van der Waals surface area contributed by atoms with Gasteiger partial charge in [-0.1, -0.05) is 48.5 Å². The van der Waals surface area contributed by atoms with E-state index >= 15 is 0 Å². The third kappa shape index (κ3) is 4.51. The van der Waals surface area contributed by atoms with Gasteiger partial charge in [-0.15, -0.1) is 0 Å². The van der Waals surface area contributed by atoms with E-state index < -0.39 is 0 Å². The molecule has 0 spiro atoms. The fraction of sp³-hybridized carbons (Fsp3) is 0.241. The SMILES string of the molecule is O=C1C(=Cc2n[nH]c3ccccc23)Oc2c1ccc(OCCc1ccccc1)c2CN1CCNCC1. The first-order valence-electron chi connectivity index (χ1n) is 12.4. The van der Waals surface area contributed by atoms with Gasteiger partial charge >= 0.3 is 0 Å². The number of carbonyl (C=O) groups excluding carboxylic acids is 1. The number of H-pyrrole nitrogens is 1. The second-order valence-electron chi connectivity index (χ2n) is 9.12. The predicted octanol–water partition coefficient (Wildman–Crippen LogP) is 4.21. The van der Waals surface area contributed by atoms with Gasteiger partial charge in [-0.05, 0) is 23.8 Å². The van der Waals surface area contributed by atoms with Crippen molar-refractivity contribution < 1.29 is 14.3 Å². The van der Waals surface area contributed by atoms with Crippen LogP contribution in [-0.4, -0.2) is 53.7 Å². The highest BCUT2D eigenvalue weighted by Crippen LogP contribution is 2.41. The van der Waals surface area contributed by atoms with Gasteiger partial charge in [-0.3, -0.25) is 14.8 Å². The van der Waals surface area contributed by atoms with Crippen LogP contribution >= 0.6 is 0 Å². The Balaban J connectivity index is 1.30. The zero-order chi connectivity index (χ0) is 24.3. The Labute approximate surface area is 209 Å². The minimum absolute atomic E-state index is 0.130. The van der Waals surface area contributed by atoms with Gasteiger partial charge in [-0.25, -0.2) is 0 Å². The number of allylic oxidation sites excluding steroid dienone is 1. The average Bonchev–Trinajstić information content (AvgIpc) is 3.47. The van der Waals surface area contributed by atoms with E-state index in [1.165, 1.54) is 5.56 Å². The first-order valence-corrected chi connectivity index (χ1v) is 12.4. The molecule has 0 atom stereocenters. The van der Waals surface area contributed by atoms with Crippen LogP contribution in [0.5, 0.6) is 11.5 Å². The summed E-state index contributed by atoms with van der Waals surface area (Å²) in [6, 6.07) is 21.9. The van der Waals surface area contributed by atoms with Crippen LogP contribution < -0.4 is 14.8 Å². The van der Waals surface area contributed by atoms with Gasteiger partial charge in [0.25, 0.3) is 0 Å². The van der Waals surface area contributed by atoms with Crippen LogP contribution in [0.3, 0.4) is 0 Å². The van der Waals surface area contributed by atoms with Crippen LogP contribution in [0.1, 0.15) is 27.2 Å². The van der Waals surface area contributed by atoms with Crippen LogP contribution in [0.15, 0.2) is 72.5 Å². The van der Waals surface area contributed by atoms with Crippen molar-refractivity contribution >= 4 is 22.8 Å². The van der Waals surface area contributed by atoms with Gasteiger partial charge in [-0.2, -0.15) is 5.10 Å². The van der Waals surface area contributed by atoms with Gasteiger partial charge in [0, 0.05) is 50.6 Å². The molecule has 3 heterocycles. The highest BCUT2D eigenvalue weighted by Gasteiger charge is 2.32. The van der Waals surface area contributed by atoms with Crippen molar-refractivity contribution in [3.8, 4) is 11.5 Å². The number of para-hydroxylation sites is 1. The van der Waals surface area contributed by atoms with Crippen LogP contribution in [0, 0.1) is 0 Å². The van der Waals surface area contributed by atoms with Crippen molar-refractivity contribution in [2.45, 2.75) is 13.0 Å². The number of fused-ring (bicyclic) bond motifs is 2. The molecule has 0 unspecified atom stereocenters. The molecule has 7 nitrogen and oxygen atoms in total. The number of nitrogens with one attached hydrogen (secondary N) is 2. The maximum Gasteiger partial charge on any atom is 0.232 e. The standard InChI is InChI=1S/C29H28N4O3/c34-28-22-10-11-26(35-17-12-20-6-2-1-3-7-20)23(19-33-15-13-30-14-16-33)29(22)36-27(28)18-25-21-8-4-5-9-24(21)31-32-25/h1-11,18,30H,12-17,19H2,(H,31,32). The zero-order valence-electron chi connectivity index (χ0n) is 20.0. The molecule has 1 aromatic heterocycles. The molecular formula is C29H28N4O3. The summed E-state index contributed by atoms with van der Waals surface area (Å²) in [5, 5.41) is 11.7. The molecule has 0 aliphatic carbocycles. The Morgan fingerprint density at radius 3 is 2.67 bits per heavy atom. The van der Waals surface area contributed by atoms with Crippen molar-refractivity contribution in [1.29, 1.82) is 0 Å². The number of aromatic amines is 1. The molecule has 1 fully saturated rings. The normalized spacial score (nSPS) is 16.9. The van der Waals surface area contributed by atoms with Crippen molar-refractivity contribution in [3.63, 3.8) is 0 Å². The van der Waals surface area contributed by atoms with Gasteiger partial charge in [0.2, 0.25) is 5.78 Å². The van der Waals surface area contributed by atoms with Crippen molar-refractivity contribution in [1.82, 2.24) is 20.4 Å². The van der Waals surface area contributed by atoms with E-state index in [1.54, 1.807) is 6.08 Å². The van der Waals surface area contributed by atoms with E-state index in [0.29, 0.717) is 30.2 Å². The van der Waals surface area contributed by atoms with Crippen molar-refractivity contribution in [3.05, 3.63) is 94.9 Å². The molecule has 0 radical (unpaired) electrons. The fourth-order valence-electron chi connectivity index (χ4n) is 4.81. The minimum Gasteiger partial charge on any atom is -0.493 e. The number of ketones is 1. The van der Waals surface area contributed by atoms with Crippen molar-refractivity contribution in [2.24, 2.45) is 0 Å². The molecular weight excluding hydrogens is 452 g/mol. The lowest BCUT2D eigenvalue weighted by atomic mass is 10.0. The van der Waals surface area contributed by atoms with Gasteiger partial charge in [0.05, 0.1) is 28.9 Å². The summed E-state index contributed by atoms with van der Waals surface area (Å²) in [6.45, 7) is 4.96. The Hall–Kier alpha value is -3.94. The summed E-state index contributed by atoms with van der Waals surface area (Å²) >= 11 is 0. The second kappa shape index (κ2) is 9.97. The van der Waals surface area contributed by atoms with Crippen LogP contribution in [0.4, 0.5) is 0 Å². The van der Waals surface area contributed by atoms with E-state index in [0.717, 1.165) is 54.8 Å². The summed E-state index contributed by atoms with van der Waals surface area (Å²) < 4.78 is 12.5. The summed E-state index contributed by atoms with van der Waals surface area (Å²) in [7, 11) is 0. The number of rotatable bonds is 7. The molecule has 1 saturated heterocycles. The third-order valence-electron chi connectivity index (χ3n) is 6.75. The topological polar surface area (TPSA) is 79.5 Å². The van der Waals surface area contributed by atoms with E-state index in [9.17, 15) is 4.79 Å². The quantitative estimate of drug-likeness (QED) is 0.386. The summed E-state index contributed by atoms with van der Waals surface area (Å²) in [6.07, 6.45) is 2.54. The lowest BCUT2D eigenvalue weighted by Gasteiger charge is -2.28. The Morgan fingerprint density at radius 1 is 1.00 bits per heavy atom. The Bertz CT molecular complexity index is 1420. The molecule has 3 aromatic carbocycles. The Kier molecular flexibility index (Phi) is 6.24. The van der Waals surface area contributed by atoms with E-state index in [-0.39, 0.29) is 11.5 Å². The average molecular weight is 481 g/mol. The van der Waals surface area contributed by atoms with Crippen LogP contribution in [-0.2, 0) is 13.0 Å². The molecule has 182 valence electrons. The number of nitrogens with zero attached hydrogens (tertiary/aromatic N) is 2. The molecule has 2 aliphatic heterocycles. The summed E-state index contributed by atoms with van der Waals surface area (Å²) in [5.74, 6) is 1.52. The molecule has 36 heavy (non-hydrogen) atoms. The van der Waals surface area contributed by atoms with Gasteiger partial charge < -0.3 is 14.8 Å². The fourth-order valence-corrected chi connectivity index (χ4v) is 4.81. The number of carbonyl (C=O) groups is 1. The molecule has 6 rings (SSSR count). The third-order valence-corrected chi connectivity index (χ3v) is 6.75. The molecule has 0 bridgehead atoms. The van der Waals surface area contributed by atoms with Gasteiger partial charge in [0.1, 0.15) is 11.5 Å². The number of Topliss-reactive ketones (excluding diaryl/α,β-unsaturated/α-hetero) is 1. The summed E-state index contributed by atoms with van der Waals surface area (Å²) in [4.78, 5) is 15.7. The highest BCUT2D eigenvalue weighted by atomic mass is 16.5. The Morgan fingerprint density at radius 2 is 1.81 bits per heavy atom. The number of hydrogen-bond acceptors (Lipinski definition) is 6. The lowest BCUT2D eigenvalue weighted by molar-refractivity contribution is 0.101. The minimum atomic E-state index is -0.130. The maximum absolute atomic E-state index is 13.3. The monoisotopic (exact) mass is 480 g/mol. The number of benzene rings is 3. The second-order valence-corrected chi connectivity index (χ2v) is 9.12. The molecule has 4 aromatic rings. The van der Waals surface area contributed by atoms with E-state index in [2.05, 4.69) is 32.5 Å². The van der Waals surface area contributed by atoms with Crippen LogP contribution in [0.25, 0.3) is 17.0 Å². The highest BCUT2D eigenvalue weighted by molar-refractivity contribution is 6.15. The number of aromatic nitrogens is 2. The number of piperazine rings is 1. The summed E-state index contributed by atoms with van der Waals surface area (Å²) in [5.41, 5.74) is 4.32. The molecule has 0 amide bonds. The van der Waals surface area contributed by atoms with Crippen molar-refractivity contribution in [2.75, 3.05) is 32.8 Å². The maximum atomic E-state index is 13.3. The molecule has 0 saturated carbocycles. The molecule has 2 N–H and O–H groups in total. The smallest absolute Gasteiger partial charge is 0.232 e. The largest absolute Gasteiger partial charge is 0.493 e. The van der Waals surface area contributed by atoms with E-state index in [4.69, 9.17) is 9.47 Å². The zero-order valence-corrected chi connectivity index (χ0v) is 20.0. The molecule has 2 aliphatic rings. The number of hydrogen-bond donors (Lipinski definition) is 2. The molecule has 7 heteroatoms.